The maximum Gasteiger partial charge on any atom is 0.230 e. The highest BCUT2D eigenvalue weighted by Gasteiger charge is 2.44. The minimum Gasteiger partial charge on any atom is -0.475 e. The van der Waals surface area contributed by atoms with Gasteiger partial charge in [-0.3, -0.25) is 4.90 Å². The first-order valence-electron chi connectivity index (χ1n) is 24.0. The largest absolute Gasteiger partial charge is 0.475 e. The zero-order chi connectivity index (χ0) is 48.8. The number of aliphatic imine (C=N–C) groups is 2. The van der Waals surface area contributed by atoms with Crippen LogP contribution in [0.2, 0.25) is 0 Å². The number of anilines is 3. The average Bonchev–Trinajstić information content (AvgIpc) is 3.87. The summed E-state index contributed by atoms with van der Waals surface area (Å²) in [5.74, 6) is 1.73. The van der Waals surface area contributed by atoms with E-state index in [0.29, 0.717) is 63.7 Å². The highest BCUT2D eigenvalue weighted by atomic mass is 35.5. The van der Waals surface area contributed by atoms with Gasteiger partial charge in [-0.15, -0.1) is 0 Å². The van der Waals surface area contributed by atoms with Gasteiger partial charge < -0.3 is 39.5 Å². The molecule has 10 rings (SSSR count). The van der Waals surface area contributed by atoms with Crippen molar-refractivity contribution in [3.63, 3.8) is 0 Å². The molecule has 0 spiro atoms. The normalized spacial score (nSPS) is 17.7. The van der Waals surface area contributed by atoms with Gasteiger partial charge in [0.1, 0.15) is 28.0 Å². The molecular formula is C50H57Cl2N13O4S. The minimum absolute atomic E-state index is 0.0222. The first kappa shape index (κ1) is 47.6. The van der Waals surface area contributed by atoms with Crippen LogP contribution in [0.15, 0.2) is 98.2 Å². The van der Waals surface area contributed by atoms with Crippen LogP contribution in [0.1, 0.15) is 58.9 Å². The lowest BCUT2D eigenvalue weighted by molar-refractivity contribution is 0.169. The van der Waals surface area contributed by atoms with E-state index in [-0.39, 0.29) is 35.9 Å². The molecular weight excluding hydrogens is 950 g/mol. The Hall–Kier alpha value is -6.02. The summed E-state index contributed by atoms with van der Waals surface area (Å²) in [5.41, 5.74) is 6.32. The van der Waals surface area contributed by atoms with E-state index < -0.39 is 22.2 Å². The topological polar surface area (TPSA) is 180 Å². The lowest BCUT2D eigenvalue weighted by Gasteiger charge is -2.35. The Bertz CT molecular complexity index is 3300. The van der Waals surface area contributed by atoms with E-state index in [9.17, 15) is 8.42 Å². The molecule has 4 N–H and O–H groups in total. The van der Waals surface area contributed by atoms with E-state index >= 15 is 0 Å². The van der Waals surface area contributed by atoms with Gasteiger partial charge in [-0.25, -0.2) is 23.1 Å². The van der Waals surface area contributed by atoms with Crippen molar-refractivity contribution >= 4 is 107 Å². The number of benzene rings is 3. The summed E-state index contributed by atoms with van der Waals surface area (Å²) in [6.45, 7) is 18.8. The van der Waals surface area contributed by atoms with Crippen molar-refractivity contribution < 1.29 is 17.9 Å². The first-order chi connectivity index (χ1) is 33.9. The van der Waals surface area contributed by atoms with Crippen molar-refractivity contribution in [1.29, 1.82) is 0 Å². The number of aryl methyl sites for hydroxylation is 1. The summed E-state index contributed by atoms with van der Waals surface area (Å²) < 4.78 is 48.3. The summed E-state index contributed by atoms with van der Waals surface area (Å²) in [6.07, 6.45) is 2.16. The van der Waals surface area contributed by atoms with Crippen LogP contribution in [-0.4, -0.2) is 118 Å². The third kappa shape index (κ3) is 8.68. The third-order valence-electron chi connectivity index (χ3n) is 13.4. The average molecular weight is 1010 g/mol. The second-order valence-electron chi connectivity index (χ2n) is 17.4. The van der Waals surface area contributed by atoms with Gasteiger partial charge >= 0.3 is 0 Å². The maximum absolute atomic E-state index is 14.0. The molecule has 0 fully saturated rings. The van der Waals surface area contributed by atoms with Crippen molar-refractivity contribution in [1.82, 2.24) is 38.6 Å². The molecule has 0 radical (unpaired) electrons. The molecule has 17 nitrogen and oxygen atoms in total. The van der Waals surface area contributed by atoms with Gasteiger partial charge in [0.2, 0.25) is 27.9 Å². The Morgan fingerprint density at radius 2 is 1.43 bits per heavy atom. The highest BCUT2D eigenvalue weighted by Crippen LogP contribution is 2.51. The molecule has 3 aromatic heterocycles. The number of sulfonamides is 1. The SMILES string of the molecule is CCN(CC)CCNc1nc(NCCNS(=O)(=O)Cn2c3c(c4ccccc42)C2OC4=C(Cl)C5=Nc6ccc7c(c6OC5C(Cl)=C4N=C2C=C3)c2ccccc2n7CC)nc(NC(C)N(CC)CC)n1. The molecule has 6 aromatic rings. The second-order valence-corrected chi connectivity index (χ2v) is 19.9. The van der Waals surface area contributed by atoms with Crippen LogP contribution in [0.3, 0.4) is 0 Å². The Kier molecular flexibility index (Phi) is 13.4. The maximum atomic E-state index is 14.0. The van der Waals surface area contributed by atoms with Crippen LogP contribution in [0.4, 0.5) is 23.5 Å². The molecule has 2 aliphatic carbocycles. The lowest BCUT2D eigenvalue weighted by Crippen LogP contribution is -2.39. The Morgan fingerprint density at radius 3 is 2.14 bits per heavy atom. The predicted octanol–water partition coefficient (Wildman–Crippen LogP) is 8.78. The molecule has 4 aliphatic rings. The summed E-state index contributed by atoms with van der Waals surface area (Å²) >= 11 is 14.5. The number of fused-ring (bicyclic) bond motifs is 12. The van der Waals surface area contributed by atoms with Crippen molar-refractivity contribution in [2.24, 2.45) is 9.98 Å². The van der Waals surface area contributed by atoms with Crippen molar-refractivity contribution in [3.8, 4) is 5.75 Å². The van der Waals surface area contributed by atoms with E-state index in [4.69, 9.17) is 42.7 Å². The van der Waals surface area contributed by atoms with Crippen LogP contribution in [0, 0.1) is 0 Å². The predicted molar refractivity (Wildman–Crippen MR) is 282 cm³/mol. The standard InChI is InChI=1S/C50H57Cl2N13O4S/c1-7-62(8-2)27-26-54-49-59-48(60-50(61-49)56-29(6)63(9-3)10-4)53-24-25-55-70(66,67)28-65-35-19-15-13-17-31(35)39-37(65)23-21-33-45(39)69-47-41(52)42-46(40(51)43(47)58-33)68-44-32(57-42)20-22-36-38(44)30-16-12-14-18-34(30)64(36)11-5/h12-23,29,45-46,55H,7-11,24-28H2,1-6H3,(H3,53,54,56,59,60,61). The quantitative estimate of drug-likeness (QED) is 0.0448. The fraction of sp³-hybridized carbons (Fsp3) is 0.380. The van der Waals surface area contributed by atoms with Crippen LogP contribution >= 0.6 is 23.2 Å². The number of nitrogens with one attached hydrogen (secondary N) is 4. The molecule has 0 bridgehead atoms. The second kappa shape index (κ2) is 19.6. The summed E-state index contributed by atoms with van der Waals surface area (Å²) in [5, 5.41) is 13.3. The number of para-hydroxylation sites is 2. The summed E-state index contributed by atoms with van der Waals surface area (Å²) in [4.78, 5) is 28.6. The molecule has 366 valence electrons. The van der Waals surface area contributed by atoms with E-state index in [2.05, 4.69) is 110 Å². The number of likely N-dealkylation sites (N-methyl/N-ethyl adjacent to an activating group) is 1. The molecule has 3 aromatic carbocycles. The van der Waals surface area contributed by atoms with Gasteiger partial charge in [-0.1, -0.05) is 87.3 Å². The number of halogens is 2. The van der Waals surface area contributed by atoms with Crippen LogP contribution < -0.4 is 25.4 Å². The van der Waals surface area contributed by atoms with Crippen LogP contribution in [-0.2, 0) is 27.2 Å². The van der Waals surface area contributed by atoms with E-state index in [1.54, 1.807) is 4.57 Å². The number of hydrogen-bond acceptors (Lipinski definition) is 14. The van der Waals surface area contributed by atoms with Crippen molar-refractivity contribution in [3.05, 3.63) is 99.5 Å². The first-order valence-corrected chi connectivity index (χ1v) is 26.4. The Labute approximate surface area is 417 Å². The van der Waals surface area contributed by atoms with E-state index in [0.717, 1.165) is 77.5 Å². The van der Waals surface area contributed by atoms with Gasteiger partial charge in [0, 0.05) is 60.1 Å². The van der Waals surface area contributed by atoms with E-state index in [1.165, 1.54) is 0 Å². The molecule has 0 saturated heterocycles. The van der Waals surface area contributed by atoms with Gasteiger partial charge in [0.15, 0.2) is 23.7 Å². The number of hydrogen-bond donors (Lipinski definition) is 4. The zero-order valence-electron chi connectivity index (χ0n) is 40.1. The van der Waals surface area contributed by atoms with Crippen molar-refractivity contribution in [2.75, 3.05) is 68.3 Å². The molecule has 20 heteroatoms. The number of aromatic nitrogens is 5. The van der Waals surface area contributed by atoms with Gasteiger partial charge in [-0.2, -0.15) is 15.0 Å². The van der Waals surface area contributed by atoms with E-state index in [1.807, 2.05) is 54.6 Å². The van der Waals surface area contributed by atoms with Gasteiger partial charge in [0.05, 0.1) is 33.5 Å². The summed E-state index contributed by atoms with van der Waals surface area (Å²) in [6, 6.07) is 19.9. The highest BCUT2D eigenvalue weighted by molar-refractivity contribution is 7.88. The van der Waals surface area contributed by atoms with Crippen LogP contribution in [0.25, 0.3) is 38.8 Å². The number of ether oxygens (including phenoxy) is 2. The third-order valence-corrected chi connectivity index (χ3v) is 15.4. The fourth-order valence-corrected chi connectivity index (χ4v) is 11.6. The molecule has 5 heterocycles. The van der Waals surface area contributed by atoms with Gasteiger partial charge in [-0.05, 0) is 76.4 Å². The number of nitrogens with zero attached hydrogens (tertiary/aromatic N) is 9. The Balaban J connectivity index is 0.883. The molecule has 3 atom stereocenters. The lowest BCUT2D eigenvalue weighted by atomic mass is 9.93. The molecule has 0 amide bonds. The Morgan fingerprint density at radius 1 is 0.743 bits per heavy atom. The minimum atomic E-state index is -3.89. The van der Waals surface area contributed by atoms with Crippen LogP contribution in [0.5, 0.6) is 5.75 Å². The number of rotatable bonds is 19. The molecule has 3 unspecified atom stereocenters. The monoisotopic (exact) mass is 1010 g/mol. The molecule has 70 heavy (non-hydrogen) atoms. The van der Waals surface area contributed by atoms with Crippen molar-refractivity contribution in [2.45, 2.75) is 72.3 Å². The zero-order valence-corrected chi connectivity index (χ0v) is 42.4. The fourth-order valence-electron chi connectivity index (χ4n) is 9.92. The van der Waals surface area contributed by atoms with Gasteiger partial charge in [0.25, 0.3) is 0 Å². The summed E-state index contributed by atoms with van der Waals surface area (Å²) in [7, 11) is -3.89. The molecule has 0 saturated carbocycles. The smallest absolute Gasteiger partial charge is 0.230 e. The molecule has 2 aliphatic heterocycles.